The second-order valence-electron chi connectivity index (χ2n) is 7.33. The molecule has 30 heavy (non-hydrogen) atoms. The summed E-state index contributed by atoms with van der Waals surface area (Å²) in [6.45, 7) is 0.200. The Labute approximate surface area is 174 Å². The molecule has 9 nitrogen and oxygen atoms in total. The molecule has 2 aromatic carbocycles. The van der Waals surface area contributed by atoms with Gasteiger partial charge in [-0.1, -0.05) is 36.4 Å². The number of hydrogen-bond acceptors (Lipinski definition) is 7. The smallest absolute Gasteiger partial charge is 0.264 e. The highest BCUT2D eigenvalue weighted by molar-refractivity contribution is 7.92. The molecule has 2 unspecified atom stereocenters. The zero-order valence-electron chi connectivity index (χ0n) is 16.0. The summed E-state index contributed by atoms with van der Waals surface area (Å²) in [6, 6.07) is 15.6. The Morgan fingerprint density at radius 2 is 1.80 bits per heavy atom. The number of sulfonamides is 1. The molecule has 0 bridgehead atoms. The van der Waals surface area contributed by atoms with Crippen LogP contribution in [0.4, 0.5) is 11.5 Å². The molecule has 0 aliphatic carbocycles. The summed E-state index contributed by atoms with van der Waals surface area (Å²) in [5.74, 6) is 0.766. The molecule has 10 heteroatoms. The van der Waals surface area contributed by atoms with Gasteiger partial charge in [0.15, 0.2) is 11.8 Å². The van der Waals surface area contributed by atoms with E-state index in [1.165, 1.54) is 4.31 Å². The van der Waals surface area contributed by atoms with E-state index in [9.17, 15) is 8.42 Å². The van der Waals surface area contributed by atoms with Crippen LogP contribution < -0.4 is 15.8 Å². The Morgan fingerprint density at radius 3 is 2.60 bits per heavy atom. The van der Waals surface area contributed by atoms with Gasteiger partial charge in [0.2, 0.25) is 0 Å². The van der Waals surface area contributed by atoms with E-state index >= 15 is 0 Å². The van der Waals surface area contributed by atoms with Crippen LogP contribution in [0.2, 0.25) is 0 Å². The number of H-pyrrole nitrogens is 1. The number of fused-ring (bicyclic) bond motifs is 2. The Balaban J connectivity index is 1.58. The molecule has 0 fully saturated rings. The first-order valence-electron chi connectivity index (χ1n) is 9.54. The monoisotopic (exact) mass is 423 g/mol. The van der Waals surface area contributed by atoms with Crippen LogP contribution in [0.25, 0.3) is 0 Å². The lowest BCUT2D eigenvalue weighted by Crippen LogP contribution is -2.57. The molecule has 5 N–H and O–H groups in total. The molecule has 2 atom stereocenters. The molecular formula is C20H21N7O2S. The highest BCUT2D eigenvalue weighted by atomic mass is 32.2. The van der Waals surface area contributed by atoms with Crippen LogP contribution in [0.15, 0.2) is 70.7 Å². The highest BCUT2D eigenvalue weighted by Crippen LogP contribution is 2.37. The first kappa shape index (κ1) is 18.6. The molecule has 1 aromatic heterocycles. The topological polar surface area (TPSA) is 134 Å². The lowest BCUT2D eigenvalue weighted by atomic mass is 9.97. The number of nitrogens with two attached hydrogens (primary N) is 2. The van der Waals surface area contributed by atoms with Crippen LogP contribution >= 0.6 is 0 Å². The minimum atomic E-state index is -3.77. The van der Waals surface area contributed by atoms with Gasteiger partial charge in [0, 0.05) is 0 Å². The molecule has 154 valence electrons. The maximum atomic E-state index is 13.5. The summed E-state index contributed by atoms with van der Waals surface area (Å²) in [5.41, 5.74) is 15.0. The normalized spacial score (nSPS) is 21.0. The van der Waals surface area contributed by atoms with Crippen LogP contribution in [0.1, 0.15) is 17.3 Å². The quantitative estimate of drug-likeness (QED) is 0.584. The summed E-state index contributed by atoms with van der Waals surface area (Å²) in [6.07, 6.45) is 1.64. The number of anilines is 1. The van der Waals surface area contributed by atoms with Crippen LogP contribution in [0.5, 0.6) is 0 Å². The van der Waals surface area contributed by atoms with Gasteiger partial charge in [0.25, 0.3) is 10.0 Å². The van der Waals surface area contributed by atoms with Gasteiger partial charge in [-0.15, -0.1) is 0 Å². The molecule has 3 aromatic rings. The number of guanidine groups is 1. The van der Waals surface area contributed by atoms with E-state index in [1.807, 2.05) is 24.3 Å². The number of aromatic amines is 1. The van der Waals surface area contributed by atoms with Crippen molar-refractivity contribution in [1.29, 1.82) is 0 Å². The number of aliphatic imine (C=N–C) groups is 1. The fraction of sp³-hybridized carbons (Fsp3) is 0.200. The third-order valence-electron chi connectivity index (χ3n) is 5.57. The second-order valence-corrected chi connectivity index (χ2v) is 9.19. The van der Waals surface area contributed by atoms with E-state index in [4.69, 9.17) is 11.5 Å². The molecular weight excluding hydrogens is 402 g/mol. The molecule has 0 radical (unpaired) electrons. The predicted molar refractivity (Wildman–Crippen MR) is 114 cm³/mol. The van der Waals surface area contributed by atoms with Gasteiger partial charge in [-0.25, -0.2) is 8.42 Å². The Hall–Kier alpha value is -3.37. The maximum absolute atomic E-state index is 13.5. The number of nitrogens with zero attached hydrogens (tertiary/aromatic N) is 4. The van der Waals surface area contributed by atoms with Gasteiger partial charge in [-0.05, 0) is 30.2 Å². The van der Waals surface area contributed by atoms with Crippen molar-refractivity contribution in [2.45, 2.75) is 23.5 Å². The van der Waals surface area contributed by atoms with Crippen molar-refractivity contribution in [2.75, 3.05) is 10.8 Å². The molecule has 2 aliphatic heterocycles. The van der Waals surface area contributed by atoms with Gasteiger partial charge in [-0.3, -0.25) is 9.40 Å². The maximum Gasteiger partial charge on any atom is 0.264 e. The number of benzene rings is 2. The van der Waals surface area contributed by atoms with Gasteiger partial charge in [0.05, 0.1) is 34.9 Å². The summed E-state index contributed by atoms with van der Waals surface area (Å²) in [7, 11) is -3.77. The first-order valence-corrected chi connectivity index (χ1v) is 11.0. The number of rotatable bonds is 3. The standard InChI is InChI=1S/C20H21N7O2S/c21-18-16-11-23-25-19(16)24-20(22)27(18)14-10-13-6-4-5-9-17(13)26(12-14)30(28,29)15-7-2-1-3-8-15/h1-9,11,14,18H,10,12,21H2,(H3,22,23,24,25). The van der Waals surface area contributed by atoms with Gasteiger partial charge in [0.1, 0.15) is 6.17 Å². The Kier molecular flexibility index (Phi) is 4.26. The summed E-state index contributed by atoms with van der Waals surface area (Å²) in [4.78, 5) is 6.39. The molecule has 0 saturated heterocycles. The van der Waals surface area contributed by atoms with Gasteiger partial charge >= 0.3 is 0 Å². The average molecular weight is 424 g/mol. The average Bonchev–Trinajstić information content (AvgIpc) is 3.22. The predicted octanol–water partition coefficient (Wildman–Crippen LogP) is 1.45. The van der Waals surface area contributed by atoms with Crippen molar-refractivity contribution >= 4 is 27.5 Å². The number of hydrogen-bond donors (Lipinski definition) is 3. The lowest BCUT2D eigenvalue weighted by molar-refractivity contribution is 0.233. The largest absolute Gasteiger partial charge is 0.369 e. The Bertz CT molecular complexity index is 1220. The van der Waals surface area contributed by atoms with Crippen molar-refractivity contribution in [2.24, 2.45) is 16.5 Å². The molecule has 0 spiro atoms. The molecule has 0 amide bonds. The minimum absolute atomic E-state index is 0.200. The van der Waals surface area contributed by atoms with E-state index in [-0.39, 0.29) is 23.4 Å². The molecule has 2 aliphatic rings. The SMILES string of the molecule is NC1=Nc2[nH]ncc2C(N)N1C1Cc2ccccc2N(S(=O)(=O)c2ccccc2)C1. The fourth-order valence-electron chi connectivity index (χ4n) is 4.14. The lowest BCUT2D eigenvalue weighted by Gasteiger charge is -2.44. The molecule has 3 heterocycles. The van der Waals surface area contributed by atoms with E-state index < -0.39 is 16.2 Å². The third kappa shape index (κ3) is 2.84. The van der Waals surface area contributed by atoms with Gasteiger partial charge < -0.3 is 16.4 Å². The number of nitrogens with one attached hydrogen (secondary N) is 1. The van der Waals surface area contributed by atoms with Crippen molar-refractivity contribution in [3.8, 4) is 0 Å². The van der Waals surface area contributed by atoms with Crippen molar-refractivity contribution in [3.05, 3.63) is 71.9 Å². The summed E-state index contributed by atoms with van der Waals surface area (Å²) in [5, 5.41) is 6.78. The van der Waals surface area contributed by atoms with Crippen molar-refractivity contribution in [1.82, 2.24) is 15.1 Å². The van der Waals surface area contributed by atoms with Crippen LogP contribution in [0, 0.1) is 0 Å². The van der Waals surface area contributed by atoms with E-state index in [0.29, 0.717) is 17.9 Å². The van der Waals surface area contributed by atoms with Gasteiger partial charge in [-0.2, -0.15) is 10.1 Å². The third-order valence-corrected chi connectivity index (χ3v) is 7.37. The summed E-state index contributed by atoms with van der Waals surface area (Å²) >= 11 is 0. The van der Waals surface area contributed by atoms with E-state index in [0.717, 1.165) is 11.1 Å². The number of para-hydroxylation sites is 1. The second kappa shape index (κ2) is 6.85. The van der Waals surface area contributed by atoms with Crippen molar-refractivity contribution in [3.63, 3.8) is 0 Å². The van der Waals surface area contributed by atoms with Crippen molar-refractivity contribution < 1.29 is 8.42 Å². The van der Waals surface area contributed by atoms with Crippen LogP contribution in [-0.4, -0.2) is 42.1 Å². The molecule has 5 rings (SSSR count). The highest BCUT2D eigenvalue weighted by Gasteiger charge is 2.40. The van der Waals surface area contributed by atoms with E-state index in [1.54, 1.807) is 41.4 Å². The van der Waals surface area contributed by atoms with E-state index in [2.05, 4.69) is 15.2 Å². The fourth-order valence-corrected chi connectivity index (χ4v) is 5.70. The van der Waals surface area contributed by atoms with Crippen LogP contribution in [-0.2, 0) is 16.4 Å². The van der Waals surface area contributed by atoms with Crippen LogP contribution in [0.3, 0.4) is 0 Å². The summed E-state index contributed by atoms with van der Waals surface area (Å²) < 4.78 is 28.4. The minimum Gasteiger partial charge on any atom is -0.369 e. The molecule has 0 saturated carbocycles. The first-order chi connectivity index (χ1) is 14.5. The zero-order chi connectivity index (χ0) is 20.9. The Morgan fingerprint density at radius 1 is 1.07 bits per heavy atom. The number of aromatic nitrogens is 2. The zero-order valence-corrected chi connectivity index (χ0v) is 16.8.